The zero-order valence-electron chi connectivity index (χ0n) is 13.1. The van der Waals surface area contributed by atoms with Crippen LogP contribution < -0.4 is 5.46 Å². The summed E-state index contributed by atoms with van der Waals surface area (Å²) in [6.45, 7) is 7.72. The first kappa shape index (κ1) is 16.0. The summed E-state index contributed by atoms with van der Waals surface area (Å²) in [5.74, 6) is 0.741. The van der Waals surface area contributed by atoms with Gasteiger partial charge in [-0.2, -0.15) is 0 Å². The first-order valence-corrected chi connectivity index (χ1v) is 7.55. The summed E-state index contributed by atoms with van der Waals surface area (Å²) in [5, 5.41) is 18.5. The molecule has 0 spiro atoms. The third-order valence-corrected chi connectivity index (χ3v) is 3.81. The highest BCUT2D eigenvalue weighted by molar-refractivity contribution is 6.58. The Kier molecular flexibility index (Phi) is 4.47. The van der Waals surface area contributed by atoms with E-state index in [1.165, 1.54) is 0 Å². The molecular formula is C19H17BN2O2. The van der Waals surface area contributed by atoms with Crippen molar-refractivity contribution < 1.29 is 10.0 Å². The van der Waals surface area contributed by atoms with Crippen LogP contribution in [-0.4, -0.2) is 26.7 Å². The van der Waals surface area contributed by atoms with E-state index in [4.69, 9.17) is 0 Å². The molecule has 0 saturated carbocycles. The van der Waals surface area contributed by atoms with E-state index >= 15 is 0 Å². The molecule has 2 aromatic carbocycles. The summed E-state index contributed by atoms with van der Waals surface area (Å²) in [4.78, 5) is 4.67. The van der Waals surface area contributed by atoms with Crippen LogP contribution in [0.4, 0.5) is 0 Å². The quantitative estimate of drug-likeness (QED) is 0.711. The second kappa shape index (κ2) is 6.70. The van der Waals surface area contributed by atoms with Crippen molar-refractivity contribution in [3.8, 4) is 17.1 Å². The van der Waals surface area contributed by atoms with Crippen LogP contribution in [0.25, 0.3) is 29.2 Å². The van der Waals surface area contributed by atoms with E-state index < -0.39 is 7.12 Å². The summed E-state index contributed by atoms with van der Waals surface area (Å²) in [6.07, 6.45) is 3.46. The molecule has 1 aromatic heterocycles. The van der Waals surface area contributed by atoms with Gasteiger partial charge in [0.05, 0.1) is 11.4 Å². The van der Waals surface area contributed by atoms with Crippen molar-refractivity contribution in [3.63, 3.8) is 0 Å². The molecule has 4 nitrogen and oxygen atoms in total. The average Bonchev–Trinajstić information content (AvgIpc) is 3.01. The van der Waals surface area contributed by atoms with E-state index in [1.54, 1.807) is 24.3 Å². The van der Waals surface area contributed by atoms with Crippen molar-refractivity contribution >= 4 is 24.7 Å². The van der Waals surface area contributed by atoms with Crippen molar-refractivity contribution in [2.45, 2.75) is 0 Å². The van der Waals surface area contributed by atoms with Gasteiger partial charge in [0.15, 0.2) is 0 Å². The maximum atomic E-state index is 9.25. The molecule has 3 aromatic rings. The molecule has 0 bridgehead atoms. The Hall–Kier alpha value is -2.89. The summed E-state index contributed by atoms with van der Waals surface area (Å²) in [5.41, 5.74) is 3.87. The van der Waals surface area contributed by atoms with Gasteiger partial charge in [-0.1, -0.05) is 55.6 Å². The molecular weight excluding hydrogens is 299 g/mol. The Bertz CT molecular complexity index is 868. The largest absolute Gasteiger partial charge is 0.488 e. The van der Waals surface area contributed by atoms with Crippen molar-refractivity contribution in [1.82, 2.24) is 9.55 Å². The SMILES string of the molecule is C=Cc1nc(-c2ccc(B(O)O)cc2)n(-c2ccccc2)c1C=C. The average molecular weight is 316 g/mol. The summed E-state index contributed by atoms with van der Waals surface area (Å²) in [7, 11) is -1.49. The first-order valence-electron chi connectivity index (χ1n) is 7.55. The Labute approximate surface area is 141 Å². The number of imidazole rings is 1. The maximum absolute atomic E-state index is 9.25. The molecule has 0 fully saturated rings. The smallest absolute Gasteiger partial charge is 0.423 e. The lowest BCUT2D eigenvalue weighted by atomic mass is 9.80. The Balaban J connectivity index is 2.22. The second-order valence-corrected chi connectivity index (χ2v) is 5.28. The fourth-order valence-electron chi connectivity index (χ4n) is 2.63. The van der Waals surface area contributed by atoms with Gasteiger partial charge in [-0.3, -0.25) is 4.57 Å². The molecule has 5 heteroatoms. The first-order chi connectivity index (χ1) is 11.7. The predicted molar refractivity (Wildman–Crippen MR) is 99.0 cm³/mol. The monoisotopic (exact) mass is 316 g/mol. The van der Waals surface area contributed by atoms with Crippen molar-refractivity contribution in [2.75, 3.05) is 0 Å². The van der Waals surface area contributed by atoms with Crippen molar-refractivity contribution in [3.05, 3.63) is 79.1 Å². The van der Waals surface area contributed by atoms with Gasteiger partial charge in [0.25, 0.3) is 0 Å². The predicted octanol–water partition coefficient (Wildman–Crippen LogP) is 2.51. The van der Waals surface area contributed by atoms with Crippen LogP contribution in [-0.2, 0) is 0 Å². The van der Waals surface area contributed by atoms with Gasteiger partial charge in [-0.25, -0.2) is 4.98 Å². The molecule has 0 aliphatic carbocycles. The minimum atomic E-state index is -1.49. The van der Waals surface area contributed by atoms with Gasteiger partial charge in [0.2, 0.25) is 0 Å². The normalized spacial score (nSPS) is 10.4. The standard InChI is InChI=1S/C19H17BN2O2/c1-3-17-18(4-2)22(16-8-6-5-7-9-16)19(21-17)14-10-12-15(13-11-14)20(23)24/h3-13,23-24H,1-2H2. The number of hydrogen-bond donors (Lipinski definition) is 2. The highest BCUT2D eigenvalue weighted by atomic mass is 16.4. The van der Waals surface area contributed by atoms with E-state index in [0.29, 0.717) is 5.46 Å². The Morgan fingerprint density at radius 2 is 1.58 bits per heavy atom. The summed E-state index contributed by atoms with van der Waals surface area (Å²) < 4.78 is 2.01. The number of rotatable bonds is 5. The molecule has 0 aliphatic rings. The van der Waals surface area contributed by atoms with Crippen molar-refractivity contribution in [2.24, 2.45) is 0 Å². The highest BCUT2D eigenvalue weighted by Gasteiger charge is 2.17. The second-order valence-electron chi connectivity index (χ2n) is 5.28. The van der Waals surface area contributed by atoms with Crippen LogP contribution >= 0.6 is 0 Å². The van der Waals surface area contributed by atoms with Gasteiger partial charge >= 0.3 is 7.12 Å². The molecule has 2 N–H and O–H groups in total. The van der Waals surface area contributed by atoms with Gasteiger partial charge in [-0.05, 0) is 29.7 Å². The number of aromatic nitrogens is 2. The van der Waals surface area contributed by atoms with Gasteiger partial charge in [0, 0.05) is 11.3 Å². The fourth-order valence-corrected chi connectivity index (χ4v) is 2.63. The molecule has 0 saturated heterocycles. The summed E-state index contributed by atoms with van der Waals surface area (Å²) >= 11 is 0. The third kappa shape index (κ3) is 2.83. The molecule has 0 atom stereocenters. The lowest BCUT2D eigenvalue weighted by Crippen LogP contribution is -2.29. The van der Waals surface area contributed by atoms with Crippen LogP contribution in [0.15, 0.2) is 67.8 Å². The highest BCUT2D eigenvalue weighted by Crippen LogP contribution is 2.27. The van der Waals surface area contributed by atoms with Crippen LogP contribution in [0.2, 0.25) is 0 Å². The van der Waals surface area contributed by atoms with E-state index in [0.717, 1.165) is 28.5 Å². The van der Waals surface area contributed by atoms with Gasteiger partial charge in [0.1, 0.15) is 5.82 Å². The van der Waals surface area contributed by atoms with E-state index in [1.807, 2.05) is 47.0 Å². The van der Waals surface area contributed by atoms with Crippen LogP contribution in [0.1, 0.15) is 11.4 Å². The molecule has 118 valence electrons. The van der Waals surface area contributed by atoms with Gasteiger partial charge in [-0.15, -0.1) is 0 Å². The topological polar surface area (TPSA) is 58.3 Å². The lowest BCUT2D eigenvalue weighted by Gasteiger charge is -2.11. The van der Waals surface area contributed by atoms with E-state index in [2.05, 4.69) is 18.1 Å². The molecule has 1 heterocycles. The molecule has 0 amide bonds. The maximum Gasteiger partial charge on any atom is 0.488 e. The minimum Gasteiger partial charge on any atom is -0.423 e. The fraction of sp³-hybridized carbons (Fsp3) is 0. The van der Waals surface area contributed by atoms with E-state index in [-0.39, 0.29) is 0 Å². The number of nitrogens with zero attached hydrogens (tertiary/aromatic N) is 2. The van der Waals surface area contributed by atoms with Crippen LogP contribution in [0.5, 0.6) is 0 Å². The van der Waals surface area contributed by atoms with E-state index in [9.17, 15) is 10.0 Å². The minimum absolute atomic E-state index is 0.435. The van der Waals surface area contributed by atoms with Gasteiger partial charge < -0.3 is 10.0 Å². The Morgan fingerprint density at radius 3 is 2.12 bits per heavy atom. The number of benzene rings is 2. The molecule has 0 aliphatic heterocycles. The molecule has 3 rings (SSSR count). The molecule has 24 heavy (non-hydrogen) atoms. The number of para-hydroxylation sites is 1. The van der Waals surface area contributed by atoms with Crippen molar-refractivity contribution in [1.29, 1.82) is 0 Å². The third-order valence-electron chi connectivity index (χ3n) is 3.81. The van der Waals surface area contributed by atoms with Crippen LogP contribution in [0, 0.1) is 0 Å². The summed E-state index contributed by atoms with van der Waals surface area (Å²) in [6, 6.07) is 16.9. The number of hydrogen-bond acceptors (Lipinski definition) is 3. The molecule has 0 unspecified atom stereocenters. The molecule has 0 radical (unpaired) electrons. The zero-order chi connectivity index (χ0) is 17.1. The lowest BCUT2D eigenvalue weighted by molar-refractivity contribution is 0.426. The van der Waals surface area contributed by atoms with Crippen LogP contribution in [0.3, 0.4) is 0 Å². The Morgan fingerprint density at radius 1 is 0.917 bits per heavy atom. The zero-order valence-corrected chi connectivity index (χ0v) is 13.1.